The van der Waals surface area contributed by atoms with E-state index in [1.165, 1.54) is 0 Å². The summed E-state index contributed by atoms with van der Waals surface area (Å²) in [6.45, 7) is 4.58. The number of benzene rings is 3. The number of para-hydroxylation sites is 1. The minimum absolute atomic E-state index is 0.178. The number of nitrogens with zero attached hydrogens (tertiary/aromatic N) is 3. The lowest BCUT2D eigenvalue weighted by atomic mass is 10.1. The molecule has 0 fully saturated rings. The Bertz CT molecular complexity index is 1570. The van der Waals surface area contributed by atoms with E-state index in [9.17, 15) is 4.79 Å². The third-order valence-electron chi connectivity index (χ3n) is 6.31. The van der Waals surface area contributed by atoms with Crippen LogP contribution in [0.25, 0.3) is 22.2 Å². The fourth-order valence-corrected chi connectivity index (χ4v) is 5.76. The Morgan fingerprint density at radius 3 is 2.59 bits per heavy atom. The third kappa shape index (κ3) is 6.50. The maximum Gasteiger partial charge on any atom is 0.256 e. The molecule has 8 heteroatoms. The molecule has 0 aliphatic rings. The number of nitrogens with one attached hydrogen (secondary N) is 2. The van der Waals surface area contributed by atoms with Gasteiger partial charge in [0.15, 0.2) is 0 Å². The van der Waals surface area contributed by atoms with Crippen molar-refractivity contribution in [3.8, 4) is 11.3 Å². The Hall–Kier alpha value is -3.65. The van der Waals surface area contributed by atoms with Gasteiger partial charge in [-0.3, -0.25) is 14.5 Å². The second-order valence-corrected chi connectivity index (χ2v) is 10.5. The highest BCUT2D eigenvalue weighted by Crippen LogP contribution is 2.35. The van der Waals surface area contributed by atoms with Crippen LogP contribution in [-0.4, -0.2) is 33.8 Å². The van der Waals surface area contributed by atoms with Crippen LogP contribution >= 0.6 is 23.4 Å². The molecule has 3 aromatic carbocycles. The Morgan fingerprint density at radius 1 is 0.974 bits per heavy atom. The molecule has 5 rings (SSSR count). The molecule has 2 aromatic heterocycles. The van der Waals surface area contributed by atoms with Crippen molar-refractivity contribution in [1.82, 2.24) is 20.1 Å². The number of amides is 1. The number of halogens is 1. The zero-order chi connectivity index (χ0) is 27.0. The molecule has 0 radical (unpaired) electrons. The van der Waals surface area contributed by atoms with E-state index in [0.717, 1.165) is 52.1 Å². The Morgan fingerprint density at radius 2 is 1.74 bits per heavy atom. The molecule has 0 spiro atoms. The predicted octanol–water partition coefficient (Wildman–Crippen LogP) is 7.30. The lowest BCUT2D eigenvalue weighted by Gasteiger charge is -2.11. The van der Waals surface area contributed by atoms with Crippen molar-refractivity contribution in [2.45, 2.75) is 30.5 Å². The number of hydrogen-bond donors (Lipinski definition) is 2. The summed E-state index contributed by atoms with van der Waals surface area (Å²) in [5.74, 6) is 0.398. The van der Waals surface area contributed by atoms with Crippen molar-refractivity contribution in [2.75, 3.05) is 18.4 Å². The maximum atomic E-state index is 13.3. The number of carbonyl (C=O) groups is 1. The van der Waals surface area contributed by atoms with Crippen LogP contribution < -0.4 is 10.6 Å². The van der Waals surface area contributed by atoms with E-state index in [-0.39, 0.29) is 5.91 Å². The fraction of sp³-hybridized carbons (Fsp3) is 0.194. The van der Waals surface area contributed by atoms with Gasteiger partial charge in [-0.05, 0) is 37.2 Å². The zero-order valence-electron chi connectivity index (χ0n) is 21.7. The molecular weight excluding hydrogens is 526 g/mol. The molecule has 39 heavy (non-hydrogen) atoms. The van der Waals surface area contributed by atoms with Gasteiger partial charge in [0, 0.05) is 33.7 Å². The molecule has 0 unspecified atom stereocenters. The van der Waals surface area contributed by atoms with Gasteiger partial charge in [-0.15, -0.1) is 11.8 Å². The second-order valence-electron chi connectivity index (χ2n) is 9.11. The standard InChI is InChI=1S/C31H30ClN5OS/c1-2-16-33-17-18-37-30(32)26(29(36-37)22-10-4-3-5-11-22)21-39-28-15-9-7-13-25(28)31(38)35-24-19-23-12-6-8-14-27(23)34-20-24/h3-15,19-20,33H,2,16-18,21H2,1H3,(H,35,38). The third-order valence-corrected chi connectivity index (χ3v) is 7.83. The lowest BCUT2D eigenvalue weighted by molar-refractivity contribution is 0.102. The van der Waals surface area contributed by atoms with Crippen LogP contribution in [0.5, 0.6) is 0 Å². The van der Waals surface area contributed by atoms with Crippen molar-refractivity contribution in [1.29, 1.82) is 0 Å². The number of aromatic nitrogens is 3. The first kappa shape index (κ1) is 26.9. The molecule has 0 bridgehead atoms. The molecule has 1 amide bonds. The van der Waals surface area contributed by atoms with Crippen LogP contribution in [0.15, 0.2) is 96.0 Å². The van der Waals surface area contributed by atoms with Gasteiger partial charge in [0.1, 0.15) is 5.15 Å². The van der Waals surface area contributed by atoms with Crippen LogP contribution in [0.4, 0.5) is 5.69 Å². The largest absolute Gasteiger partial charge is 0.321 e. The van der Waals surface area contributed by atoms with Crippen molar-refractivity contribution < 1.29 is 4.79 Å². The molecule has 0 saturated carbocycles. The summed E-state index contributed by atoms with van der Waals surface area (Å²) >= 11 is 8.47. The van der Waals surface area contributed by atoms with E-state index in [1.807, 2.05) is 89.6 Å². The summed E-state index contributed by atoms with van der Waals surface area (Å²) in [6, 6.07) is 27.5. The Kier molecular flexibility index (Phi) is 8.93. The fourth-order valence-electron chi connectivity index (χ4n) is 4.34. The van der Waals surface area contributed by atoms with Crippen LogP contribution in [0, 0.1) is 0 Å². The summed E-state index contributed by atoms with van der Waals surface area (Å²) in [5.41, 5.74) is 4.99. The first-order chi connectivity index (χ1) is 19.1. The van der Waals surface area contributed by atoms with E-state index in [2.05, 4.69) is 22.5 Å². The highest BCUT2D eigenvalue weighted by molar-refractivity contribution is 7.98. The SMILES string of the molecule is CCCNCCn1nc(-c2ccccc2)c(CSc2ccccc2C(=O)Nc2cnc3ccccc3c2)c1Cl. The molecule has 0 aliphatic carbocycles. The van der Waals surface area contributed by atoms with Crippen molar-refractivity contribution in [3.05, 3.63) is 107 Å². The molecule has 6 nitrogen and oxygen atoms in total. The summed E-state index contributed by atoms with van der Waals surface area (Å²) in [6.07, 6.45) is 2.76. The first-order valence-corrected chi connectivity index (χ1v) is 14.4. The van der Waals surface area contributed by atoms with Crippen LogP contribution in [0.2, 0.25) is 5.15 Å². The Labute approximate surface area is 237 Å². The number of fused-ring (bicyclic) bond motifs is 1. The summed E-state index contributed by atoms with van der Waals surface area (Å²) < 4.78 is 1.87. The molecule has 0 atom stereocenters. The maximum absolute atomic E-state index is 13.3. The van der Waals surface area contributed by atoms with Gasteiger partial charge in [-0.2, -0.15) is 5.10 Å². The van der Waals surface area contributed by atoms with Gasteiger partial charge in [-0.1, -0.05) is 79.2 Å². The average Bonchev–Trinajstić information content (AvgIpc) is 3.29. The van der Waals surface area contributed by atoms with E-state index in [4.69, 9.17) is 16.7 Å². The van der Waals surface area contributed by atoms with E-state index in [1.54, 1.807) is 18.0 Å². The van der Waals surface area contributed by atoms with E-state index < -0.39 is 0 Å². The monoisotopic (exact) mass is 555 g/mol. The number of pyridine rings is 1. The van der Waals surface area contributed by atoms with E-state index >= 15 is 0 Å². The molecule has 0 saturated heterocycles. The first-order valence-electron chi connectivity index (χ1n) is 13.0. The summed E-state index contributed by atoms with van der Waals surface area (Å²) in [5, 5.41) is 12.9. The normalized spacial score (nSPS) is 11.1. The molecule has 2 N–H and O–H groups in total. The molecule has 5 aromatic rings. The lowest BCUT2D eigenvalue weighted by Crippen LogP contribution is -2.21. The van der Waals surface area contributed by atoms with Crippen molar-refractivity contribution in [2.24, 2.45) is 0 Å². The molecule has 0 aliphatic heterocycles. The topological polar surface area (TPSA) is 71.8 Å². The van der Waals surface area contributed by atoms with Crippen molar-refractivity contribution >= 4 is 45.9 Å². The number of hydrogen-bond acceptors (Lipinski definition) is 5. The number of thioether (sulfide) groups is 1. The van der Waals surface area contributed by atoms with Gasteiger partial charge in [-0.25, -0.2) is 0 Å². The van der Waals surface area contributed by atoms with Gasteiger partial charge in [0.2, 0.25) is 0 Å². The number of rotatable bonds is 11. The minimum Gasteiger partial charge on any atom is -0.321 e. The number of anilines is 1. The van der Waals surface area contributed by atoms with Crippen molar-refractivity contribution in [3.63, 3.8) is 0 Å². The minimum atomic E-state index is -0.178. The summed E-state index contributed by atoms with van der Waals surface area (Å²) in [7, 11) is 0. The highest BCUT2D eigenvalue weighted by atomic mass is 35.5. The average molecular weight is 556 g/mol. The molecular formula is C31H30ClN5OS. The van der Waals surface area contributed by atoms with Crippen LogP contribution in [0.1, 0.15) is 29.3 Å². The Balaban J connectivity index is 1.36. The van der Waals surface area contributed by atoms with Gasteiger partial charge < -0.3 is 10.6 Å². The zero-order valence-corrected chi connectivity index (χ0v) is 23.3. The van der Waals surface area contributed by atoms with Crippen LogP contribution in [-0.2, 0) is 12.3 Å². The second kappa shape index (κ2) is 12.9. The van der Waals surface area contributed by atoms with Gasteiger partial charge in [0.05, 0.1) is 35.2 Å². The quantitative estimate of drug-likeness (QED) is 0.132. The smallest absolute Gasteiger partial charge is 0.256 e. The molecule has 2 heterocycles. The predicted molar refractivity (Wildman–Crippen MR) is 162 cm³/mol. The highest BCUT2D eigenvalue weighted by Gasteiger charge is 2.20. The summed E-state index contributed by atoms with van der Waals surface area (Å²) in [4.78, 5) is 18.6. The van der Waals surface area contributed by atoms with Gasteiger partial charge >= 0.3 is 0 Å². The van der Waals surface area contributed by atoms with E-state index in [0.29, 0.717) is 28.7 Å². The van der Waals surface area contributed by atoms with Crippen LogP contribution in [0.3, 0.4) is 0 Å². The number of carbonyl (C=O) groups excluding carboxylic acids is 1. The van der Waals surface area contributed by atoms with Gasteiger partial charge in [0.25, 0.3) is 5.91 Å². The molecule has 198 valence electrons.